The minimum absolute atomic E-state index is 0.00666. The van der Waals surface area contributed by atoms with E-state index in [-0.39, 0.29) is 24.1 Å². The molecule has 0 aromatic heterocycles. The monoisotopic (exact) mass is 574 g/mol. The molecule has 0 aliphatic heterocycles. The molecule has 3 aromatic rings. The summed E-state index contributed by atoms with van der Waals surface area (Å²) in [4.78, 5) is 0. The van der Waals surface area contributed by atoms with Gasteiger partial charge < -0.3 is 14.2 Å². The summed E-state index contributed by atoms with van der Waals surface area (Å²) in [5, 5.41) is 0. The lowest BCUT2D eigenvalue weighted by atomic mass is 10.0. The van der Waals surface area contributed by atoms with Crippen LogP contribution >= 0.6 is 0 Å². The molecule has 0 aliphatic rings. The Bertz CT molecular complexity index is 1260. The van der Waals surface area contributed by atoms with E-state index in [1.54, 1.807) is 0 Å². The Kier molecular flexibility index (Phi) is 8.56. The third-order valence-electron chi connectivity index (χ3n) is 5.08. The lowest BCUT2D eigenvalue weighted by molar-refractivity contribution is -0.276. The van der Waals surface area contributed by atoms with Crippen molar-refractivity contribution in [2.45, 2.75) is 44.8 Å². The number of aryl methyl sites for hydroxylation is 1. The highest BCUT2D eigenvalue weighted by Crippen LogP contribution is 2.39. The van der Waals surface area contributed by atoms with Gasteiger partial charge >= 0.3 is 18.6 Å². The van der Waals surface area contributed by atoms with Crippen LogP contribution in [-0.2, 0) is 18.6 Å². The van der Waals surface area contributed by atoms with Crippen molar-refractivity contribution in [1.29, 1.82) is 0 Å². The van der Waals surface area contributed by atoms with Crippen molar-refractivity contribution in [2.75, 3.05) is 0 Å². The molecule has 0 fully saturated rings. The minimum atomic E-state index is -5.47. The van der Waals surface area contributed by atoms with Crippen LogP contribution in [0.3, 0.4) is 0 Å². The fraction of sp³-hybridized carbons (Fsp3) is 0.280. The standard InChI is InChI=1S/C25H17F11O3/c1-2-3-4-13-9-17(26)21(18(27)10-13)24(32,33)37-15-7-5-14(6-8-15)23(30,31)38-16-11-19(28)22(20(29)12-16)39-25(34,35)36/h5-12H,2-4H2,1H3. The molecule has 0 N–H and O–H groups in total. The third kappa shape index (κ3) is 7.45. The fourth-order valence-electron chi connectivity index (χ4n) is 3.36. The van der Waals surface area contributed by atoms with Gasteiger partial charge in [0.05, 0.1) is 5.56 Å². The lowest BCUT2D eigenvalue weighted by Crippen LogP contribution is -2.26. The Morgan fingerprint density at radius 3 is 1.62 bits per heavy atom. The minimum Gasteiger partial charge on any atom is -0.429 e. The number of rotatable bonds is 10. The average molecular weight is 574 g/mol. The Morgan fingerprint density at radius 1 is 0.615 bits per heavy atom. The first-order valence-electron chi connectivity index (χ1n) is 11.0. The summed E-state index contributed by atoms with van der Waals surface area (Å²) < 4.78 is 163. The highest BCUT2D eigenvalue weighted by molar-refractivity contribution is 5.37. The smallest absolute Gasteiger partial charge is 0.429 e. The van der Waals surface area contributed by atoms with Crippen molar-refractivity contribution in [3.8, 4) is 17.2 Å². The van der Waals surface area contributed by atoms with Gasteiger partial charge in [-0.15, -0.1) is 13.2 Å². The average Bonchev–Trinajstić information content (AvgIpc) is 2.78. The zero-order chi connectivity index (χ0) is 29.2. The molecule has 0 amide bonds. The Hall–Kier alpha value is -3.71. The van der Waals surface area contributed by atoms with Crippen molar-refractivity contribution in [3.63, 3.8) is 0 Å². The van der Waals surface area contributed by atoms with E-state index >= 15 is 0 Å². The molecule has 0 saturated heterocycles. The predicted octanol–water partition coefficient (Wildman–Crippen LogP) is 8.74. The second-order valence-corrected chi connectivity index (χ2v) is 8.06. The molecular weight excluding hydrogens is 557 g/mol. The van der Waals surface area contributed by atoms with Crippen molar-refractivity contribution >= 4 is 0 Å². The number of ether oxygens (including phenoxy) is 3. The summed E-state index contributed by atoms with van der Waals surface area (Å²) in [6.07, 6.45) is -12.9. The number of hydrogen-bond donors (Lipinski definition) is 0. The van der Waals surface area contributed by atoms with Crippen molar-refractivity contribution in [3.05, 3.63) is 88.5 Å². The van der Waals surface area contributed by atoms with Gasteiger partial charge in [-0.05, 0) is 54.8 Å². The van der Waals surface area contributed by atoms with Crippen LogP contribution < -0.4 is 14.2 Å². The molecule has 212 valence electrons. The van der Waals surface area contributed by atoms with E-state index in [1.807, 2.05) is 6.92 Å². The maximum atomic E-state index is 14.6. The van der Waals surface area contributed by atoms with Gasteiger partial charge in [0, 0.05) is 12.1 Å². The van der Waals surface area contributed by atoms with Crippen molar-refractivity contribution in [1.82, 2.24) is 0 Å². The Morgan fingerprint density at radius 2 is 1.13 bits per heavy atom. The number of halogens is 11. The first-order chi connectivity index (χ1) is 18.0. The van der Waals surface area contributed by atoms with Crippen LogP contribution in [0.15, 0.2) is 48.5 Å². The van der Waals surface area contributed by atoms with Gasteiger partial charge in [-0.2, -0.15) is 17.6 Å². The summed E-state index contributed by atoms with van der Waals surface area (Å²) in [6, 6.07) is 3.64. The molecule has 39 heavy (non-hydrogen) atoms. The summed E-state index contributed by atoms with van der Waals surface area (Å²) in [7, 11) is 0. The van der Waals surface area contributed by atoms with Crippen molar-refractivity contribution in [2.24, 2.45) is 0 Å². The SMILES string of the molecule is CCCCc1cc(F)c(C(F)(F)Oc2ccc(C(F)(F)Oc3cc(F)c(OC(F)(F)F)c(F)c3)cc2)c(F)c1. The largest absolute Gasteiger partial charge is 0.573 e. The van der Waals surface area contributed by atoms with Crippen LogP contribution in [0.25, 0.3) is 0 Å². The zero-order valence-electron chi connectivity index (χ0n) is 19.6. The van der Waals surface area contributed by atoms with Gasteiger partial charge in [0.25, 0.3) is 0 Å². The lowest BCUT2D eigenvalue weighted by Gasteiger charge is -2.21. The van der Waals surface area contributed by atoms with E-state index in [4.69, 9.17) is 0 Å². The molecule has 0 atom stereocenters. The fourth-order valence-corrected chi connectivity index (χ4v) is 3.36. The second-order valence-electron chi connectivity index (χ2n) is 8.06. The van der Waals surface area contributed by atoms with Crippen LogP contribution in [0.4, 0.5) is 48.3 Å². The molecule has 3 aromatic carbocycles. The molecule has 0 heterocycles. The van der Waals surface area contributed by atoms with Crippen LogP contribution in [0, 0.1) is 23.3 Å². The predicted molar refractivity (Wildman–Crippen MR) is 113 cm³/mol. The normalized spacial score (nSPS) is 12.4. The number of benzene rings is 3. The van der Waals surface area contributed by atoms with E-state index in [9.17, 15) is 48.3 Å². The maximum absolute atomic E-state index is 14.6. The first-order valence-corrected chi connectivity index (χ1v) is 11.0. The van der Waals surface area contributed by atoms with Crippen LogP contribution in [-0.4, -0.2) is 6.36 Å². The second kappa shape index (κ2) is 11.2. The topological polar surface area (TPSA) is 27.7 Å². The van der Waals surface area contributed by atoms with Gasteiger partial charge in [-0.1, -0.05) is 13.3 Å². The summed E-state index contributed by atoms with van der Waals surface area (Å²) in [5.41, 5.74) is -2.60. The van der Waals surface area contributed by atoms with Gasteiger partial charge in [0.1, 0.15) is 28.7 Å². The third-order valence-corrected chi connectivity index (χ3v) is 5.08. The molecule has 0 spiro atoms. The molecule has 3 nitrogen and oxygen atoms in total. The zero-order valence-corrected chi connectivity index (χ0v) is 19.6. The molecule has 3 rings (SSSR count). The molecule has 0 radical (unpaired) electrons. The summed E-state index contributed by atoms with van der Waals surface area (Å²) >= 11 is 0. The quantitative estimate of drug-likeness (QED) is 0.227. The molecule has 0 saturated carbocycles. The number of hydrogen-bond acceptors (Lipinski definition) is 3. The summed E-state index contributed by atoms with van der Waals surface area (Å²) in [5.74, 6) is -11.1. The summed E-state index contributed by atoms with van der Waals surface area (Å²) in [6.45, 7) is 1.82. The molecule has 0 unspecified atom stereocenters. The van der Waals surface area contributed by atoms with E-state index in [2.05, 4.69) is 14.2 Å². The van der Waals surface area contributed by atoms with E-state index in [0.29, 0.717) is 37.1 Å². The van der Waals surface area contributed by atoms with E-state index < -0.39 is 70.2 Å². The van der Waals surface area contributed by atoms with Gasteiger partial charge in [-0.25, -0.2) is 17.6 Å². The molecule has 14 heteroatoms. The van der Waals surface area contributed by atoms with Crippen molar-refractivity contribution < 1.29 is 62.5 Å². The van der Waals surface area contributed by atoms with Crippen LogP contribution in [0.1, 0.15) is 36.5 Å². The Labute approximate surface area is 213 Å². The highest BCUT2D eigenvalue weighted by atomic mass is 19.4. The highest BCUT2D eigenvalue weighted by Gasteiger charge is 2.42. The van der Waals surface area contributed by atoms with Crippen LogP contribution in [0.2, 0.25) is 0 Å². The molecular formula is C25H17F11O3. The van der Waals surface area contributed by atoms with Gasteiger partial charge in [-0.3, -0.25) is 0 Å². The van der Waals surface area contributed by atoms with E-state index in [1.165, 1.54) is 0 Å². The van der Waals surface area contributed by atoms with Gasteiger partial charge in [0.15, 0.2) is 11.6 Å². The first kappa shape index (κ1) is 29.8. The maximum Gasteiger partial charge on any atom is 0.573 e. The number of unbranched alkanes of at least 4 members (excludes halogenated alkanes) is 1. The molecule has 0 bridgehead atoms. The van der Waals surface area contributed by atoms with E-state index in [0.717, 1.165) is 12.1 Å². The van der Waals surface area contributed by atoms with Crippen LogP contribution in [0.5, 0.6) is 17.2 Å². The number of alkyl halides is 7. The Balaban J connectivity index is 1.77. The van der Waals surface area contributed by atoms with Gasteiger partial charge in [0.2, 0.25) is 5.75 Å². The molecule has 0 aliphatic carbocycles.